The van der Waals surface area contributed by atoms with Crippen molar-refractivity contribution in [2.75, 3.05) is 33.7 Å². The first-order valence-corrected chi connectivity index (χ1v) is 6.45. The van der Waals surface area contributed by atoms with Gasteiger partial charge in [0.25, 0.3) is 0 Å². The Morgan fingerprint density at radius 2 is 2.00 bits per heavy atom. The standard InChI is InChI=1S/C11H18N3OS/c1-12-7-5-8-13(2)11(12)16-10-6-3-4-9-14(10)15/h3-4,6,11H,5,7-9H2,1-2H3/q-1. The van der Waals surface area contributed by atoms with Crippen LogP contribution in [0.1, 0.15) is 6.42 Å². The molecule has 0 aromatic carbocycles. The van der Waals surface area contributed by atoms with E-state index in [1.165, 1.54) is 6.42 Å². The molecule has 4 nitrogen and oxygen atoms in total. The molecular formula is C11H18N3OS-. The van der Waals surface area contributed by atoms with Gasteiger partial charge in [-0.25, -0.2) is 0 Å². The first kappa shape index (κ1) is 12.0. The molecule has 0 aromatic rings. The van der Waals surface area contributed by atoms with Crippen molar-refractivity contribution in [1.82, 2.24) is 14.9 Å². The van der Waals surface area contributed by atoms with E-state index in [0.29, 0.717) is 6.54 Å². The van der Waals surface area contributed by atoms with Gasteiger partial charge in [0.15, 0.2) is 0 Å². The van der Waals surface area contributed by atoms with Crippen LogP contribution in [0.2, 0.25) is 0 Å². The zero-order chi connectivity index (χ0) is 11.5. The lowest BCUT2D eigenvalue weighted by atomic mass is 10.3. The van der Waals surface area contributed by atoms with Crippen molar-refractivity contribution in [2.24, 2.45) is 0 Å². The molecule has 2 aliphatic rings. The summed E-state index contributed by atoms with van der Waals surface area (Å²) < 4.78 is 0. The fourth-order valence-electron chi connectivity index (χ4n) is 1.99. The number of nitrogens with zero attached hydrogens (tertiary/aromatic N) is 3. The summed E-state index contributed by atoms with van der Waals surface area (Å²) in [5.74, 6) is 0. The van der Waals surface area contributed by atoms with Crippen LogP contribution in [0.3, 0.4) is 0 Å². The molecule has 0 N–H and O–H groups in total. The highest BCUT2D eigenvalue weighted by Crippen LogP contribution is 2.31. The topological polar surface area (TPSA) is 32.8 Å². The molecule has 2 aliphatic heterocycles. The lowest BCUT2D eigenvalue weighted by Gasteiger charge is -2.42. The summed E-state index contributed by atoms with van der Waals surface area (Å²) in [5, 5.41) is 13.5. The van der Waals surface area contributed by atoms with E-state index in [1.54, 1.807) is 11.8 Å². The Kier molecular flexibility index (Phi) is 3.91. The van der Waals surface area contributed by atoms with Gasteiger partial charge in [0.2, 0.25) is 0 Å². The lowest BCUT2D eigenvalue weighted by molar-refractivity contribution is 0.106. The summed E-state index contributed by atoms with van der Waals surface area (Å²) in [6.45, 7) is 2.67. The summed E-state index contributed by atoms with van der Waals surface area (Å²) in [6, 6.07) is 0. The van der Waals surface area contributed by atoms with Crippen molar-refractivity contribution < 1.29 is 0 Å². The molecule has 90 valence electrons. The van der Waals surface area contributed by atoms with Crippen molar-refractivity contribution >= 4 is 11.8 Å². The van der Waals surface area contributed by atoms with Gasteiger partial charge >= 0.3 is 0 Å². The van der Waals surface area contributed by atoms with Gasteiger partial charge in [-0.1, -0.05) is 23.9 Å². The largest absolute Gasteiger partial charge is 0.758 e. The van der Waals surface area contributed by atoms with E-state index in [2.05, 4.69) is 23.9 Å². The molecule has 0 amide bonds. The minimum Gasteiger partial charge on any atom is -0.758 e. The van der Waals surface area contributed by atoms with Crippen LogP contribution in [-0.2, 0) is 0 Å². The first-order valence-electron chi connectivity index (χ1n) is 5.57. The van der Waals surface area contributed by atoms with E-state index in [-0.39, 0.29) is 5.50 Å². The van der Waals surface area contributed by atoms with Gasteiger partial charge in [-0.05, 0) is 26.6 Å². The maximum Gasteiger partial charge on any atom is 0.116 e. The number of hydrogen-bond acceptors (Lipinski definition) is 5. The molecular weight excluding hydrogens is 222 g/mol. The van der Waals surface area contributed by atoms with Crippen molar-refractivity contribution in [1.29, 1.82) is 0 Å². The smallest absolute Gasteiger partial charge is 0.116 e. The van der Waals surface area contributed by atoms with E-state index in [0.717, 1.165) is 23.2 Å². The fourth-order valence-corrected chi connectivity index (χ4v) is 3.13. The third-order valence-electron chi connectivity index (χ3n) is 2.89. The summed E-state index contributed by atoms with van der Waals surface area (Å²) in [4.78, 5) is 4.59. The van der Waals surface area contributed by atoms with Crippen LogP contribution >= 0.6 is 11.8 Å². The molecule has 5 heteroatoms. The minimum absolute atomic E-state index is 0.281. The van der Waals surface area contributed by atoms with E-state index in [9.17, 15) is 5.21 Å². The Bertz CT molecular complexity index is 296. The zero-order valence-corrected chi connectivity index (χ0v) is 10.6. The molecule has 0 spiro atoms. The number of thioether (sulfide) groups is 1. The SMILES string of the molecule is CN1CCCN(C)C1SC1=CC=CCN1[O-]. The predicted octanol–water partition coefficient (Wildman–Crippen LogP) is 1.48. The van der Waals surface area contributed by atoms with Crippen LogP contribution in [-0.4, -0.2) is 54.1 Å². The number of hydroxylamine groups is 2. The molecule has 2 heterocycles. The van der Waals surface area contributed by atoms with Crippen LogP contribution in [0.25, 0.3) is 0 Å². The van der Waals surface area contributed by atoms with Gasteiger partial charge in [-0.15, -0.1) is 0 Å². The first-order chi connectivity index (χ1) is 7.68. The van der Waals surface area contributed by atoms with Crippen LogP contribution in [0, 0.1) is 5.21 Å². The molecule has 0 bridgehead atoms. The summed E-state index contributed by atoms with van der Waals surface area (Å²) in [7, 11) is 4.23. The normalized spacial score (nSPS) is 24.9. The Hall–Kier alpha value is -0.490. The van der Waals surface area contributed by atoms with Gasteiger partial charge in [0.05, 0.1) is 5.03 Å². The predicted molar refractivity (Wildman–Crippen MR) is 68.6 cm³/mol. The van der Waals surface area contributed by atoms with Gasteiger partial charge in [0, 0.05) is 19.6 Å². The average Bonchev–Trinajstić information content (AvgIpc) is 2.26. The van der Waals surface area contributed by atoms with Gasteiger partial charge in [0.1, 0.15) is 5.50 Å². The van der Waals surface area contributed by atoms with E-state index in [4.69, 9.17) is 0 Å². The third-order valence-corrected chi connectivity index (χ3v) is 4.41. The quantitative estimate of drug-likeness (QED) is 0.730. The van der Waals surface area contributed by atoms with Crippen molar-refractivity contribution in [3.05, 3.63) is 28.5 Å². The number of hydrogen-bond donors (Lipinski definition) is 0. The molecule has 0 aromatic heterocycles. The van der Waals surface area contributed by atoms with Crippen molar-refractivity contribution in [3.8, 4) is 0 Å². The second kappa shape index (κ2) is 5.23. The number of allylic oxidation sites excluding steroid dienone is 2. The highest BCUT2D eigenvalue weighted by Gasteiger charge is 2.25. The van der Waals surface area contributed by atoms with E-state index in [1.807, 2.05) is 18.2 Å². The van der Waals surface area contributed by atoms with Gasteiger partial charge in [-0.3, -0.25) is 9.80 Å². The molecule has 0 unspecified atom stereocenters. The summed E-state index contributed by atoms with van der Waals surface area (Å²) in [6.07, 6.45) is 6.94. The summed E-state index contributed by atoms with van der Waals surface area (Å²) in [5.41, 5.74) is 0.281. The average molecular weight is 240 g/mol. The van der Waals surface area contributed by atoms with Crippen LogP contribution < -0.4 is 0 Å². The third kappa shape index (κ3) is 2.60. The molecule has 1 fully saturated rings. The maximum atomic E-state index is 11.6. The zero-order valence-electron chi connectivity index (χ0n) is 9.80. The maximum absolute atomic E-state index is 11.6. The second-order valence-electron chi connectivity index (χ2n) is 4.25. The highest BCUT2D eigenvalue weighted by molar-refractivity contribution is 8.03. The van der Waals surface area contributed by atoms with E-state index >= 15 is 0 Å². The second-order valence-corrected chi connectivity index (χ2v) is 5.33. The Morgan fingerprint density at radius 1 is 1.31 bits per heavy atom. The van der Waals surface area contributed by atoms with Crippen LogP contribution in [0.5, 0.6) is 0 Å². The molecule has 0 saturated carbocycles. The molecule has 2 rings (SSSR count). The molecule has 16 heavy (non-hydrogen) atoms. The van der Waals surface area contributed by atoms with Crippen LogP contribution in [0.15, 0.2) is 23.3 Å². The van der Waals surface area contributed by atoms with Gasteiger partial charge < -0.3 is 10.3 Å². The molecule has 1 saturated heterocycles. The minimum atomic E-state index is 0.281. The molecule has 0 aliphatic carbocycles. The summed E-state index contributed by atoms with van der Waals surface area (Å²) >= 11 is 1.64. The lowest BCUT2D eigenvalue weighted by Crippen LogP contribution is -2.48. The Morgan fingerprint density at radius 3 is 2.62 bits per heavy atom. The highest BCUT2D eigenvalue weighted by atomic mass is 32.2. The Labute approximate surface area is 101 Å². The van der Waals surface area contributed by atoms with Gasteiger partial charge in [-0.2, -0.15) is 0 Å². The van der Waals surface area contributed by atoms with Crippen molar-refractivity contribution in [2.45, 2.75) is 11.9 Å². The molecule has 0 radical (unpaired) electrons. The monoisotopic (exact) mass is 240 g/mol. The molecule has 0 atom stereocenters. The number of rotatable bonds is 2. The van der Waals surface area contributed by atoms with Crippen LogP contribution in [0.4, 0.5) is 0 Å². The van der Waals surface area contributed by atoms with E-state index < -0.39 is 0 Å². The van der Waals surface area contributed by atoms with Crippen molar-refractivity contribution in [3.63, 3.8) is 0 Å². The fraction of sp³-hybridized carbons (Fsp3) is 0.636. The Balaban J connectivity index is 2.01.